The minimum atomic E-state index is -0.761. The first-order chi connectivity index (χ1) is 12.2. The molecule has 1 unspecified atom stereocenters. The summed E-state index contributed by atoms with van der Waals surface area (Å²) < 4.78 is 11.3. The van der Waals surface area contributed by atoms with Gasteiger partial charge in [0.1, 0.15) is 0 Å². The second-order valence-electron chi connectivity index (χ2n) is 7.51. The van der Waals surface area contributed by atoms with E-state index in [1.807, 2.05) is 0 Å². The molecule has 3 N–H and O–H groups in total. The van der Waals surface area contributed by atoms with Crippen LogP contribution in [-0.4, -0.2) is 43.7 Å². The number of ether oxygens (including phenoxy) is 2. The monoisotopic (exact) mass is 359 g/mol. The Kier molecular flexibility index (Phi) is 18.5. The van der Waals surface area contributed by atoms with Crippen LogP contribution in [0.3, 0.4) is 0 Å². The maximum atomic E-state index is 9.52. The van der Waals surface area contributed by atoms with Crippen LogP contribution in [0.4, 0.5) is 0 Å². The van der Waals surface area contributed by atoms with Gasteiger partial charge in [-0.2, -0.15) is 0 Å². The summed E-state index contributed by atoms with van der Waals surface area (Å²) in [6.07, 6.45) is 16.4. The van der Waals surface area contributed by atoms with Gasteiger partial charge in [-0.15, -0.1) is 0 Å². The highest BCUT2D eigenvalue weighted by Crippen LogP contribution is 2.09. The van der Waals surface area contributed by atoms with E-state index < -0.39 is 5.54 Å². The second-order valence-corrected chi connectivity index (χ2v) is 7.51. The summed E-state index contributed by atoms with van der Waals surface area (Å²) >= 11 is 0. The van der Waals surface area contributed by atoms with Crippen LogP contribution in [-0.2, 0) is 9.47 Å². The van der Waals surface area contributed by atoms with E-state index in [4.69, 9.17) is 15.2 Å². The second kappa shape index (κ2) is 18.6. The van der Waals surface area contributed by atoms with Crippen molar-refractivity contribution in [2.45, 2.75) is 103 Å². The van der Waals surface area contributed by atoms with Crippen molar-refractivity contribution in [3.63, 3.8) is 0 Å². The Morgan fingerprint density at radius 3 is 1.36 bits per heavy atom. The van der Waals surface area contributed by atoms with Crippen LogP contribution in [0.5, 0.6) is 0 Å². The molecular weight excluding hydrogens is 314 g/mol. The van der Waals surface area contributed by atoms with Crippen molar-refractivity contribution >= 4 is 0 Å². The number of aliphatic hydroxyl groups excluding tert-OH is 1. The fourth-order valence-electron chi connectivity index (χ4n) is 2.83. The molecule has 0 aliphatic rings. The average molecular weight is 360 g/mol. The van der Waals surface area contributed by atoms with E-state index in [9.17, 15) is 5.11 Å². The van der Waals surface area contributed by atoms with Gasteiger partial charge in [0.15, 0.2) is 0 Å². The van der Waals surface area contributed by atoms with E-state index in [1.165, 1.54) is 70.6 Å². The Balaban J connectivity index is 3.50. The van der Waals surface area contributed by atoms with E-state index in [1.54, 1.807) is 0 Å². The first kappa shape index (κ1) is 24.8. The first-order valence-corrected chi connectivity index (χ1v) is 10.7. The van der Waals surface area contributed by atoms with Gasteiger partial charge in [-0.25, -0.2) is 0 Å². The molecule has 0 aliphatic heterocycles. The third kappa shape index (κ3) is 17.0. The van der Waals surface area contributed by atoms with Crippen LogP contribution in [0.1, 0.15) is 97.3 Å². The molecular formula is C21H45NO3. The minimum Gasteiger partial charge on any atom is -0.394 e. The molecule has 0 heterocycles. The van der Waals surface area contributed by atoms with Crippen LogP contribution in [0.15, 0.2) is 0 Å². The lowest BCUT2D eigenvalue weighted by molar-refractivity contribution is -0.00366. The molecule has 0 saturated heterocycles. The standard InChI is InChI=1S/C21H45NO3/c1-3-5-7-9-11-13-15-17-25-20-21(22,18-23)19-24-16-14-12-10-8-6-4-2/h23H,3-20,22H2,1-2H3. The number of aliphatic hydroxyl groups is 1. The maximum Gasteiger partial charge on any atom is 0.0862 e. The molecule has 0 amide bonds. The molecule has 0 rings (SSSR count). The van der Waals surface area contributed by atoms with Crippen LogP contribution >= 0.6 is 0 Å². The van der Waals surface area contributed by atoms with Crippen LogP contribution in [0.25, 0.3) is 0 Å². The van der Waals surface area contributed by atoms with Crippen molar-refractivity contribution in [2.24, 2.45) is 5.73 Å². The Labute approximate surface area is 156 Å². The van der Waals surface area contributed by atoms with Crippen molar-refractivity contribution in [1.82, 2.24) is 0 Å². The van der Waals surface area contributed by atoms with Gasteiger partial charge in [0.2, 0.25) is 0 Å². The van der Waals surface area contributed by atoms with Gasteiger partial charge in [-0.3, -0.25) is 0 Å². The molecule has 4 nitrogen and oxygen atoms in total. The summed E-state index contributed by atoms with van der Waals surface area (Å²) in [6, 6.07) is 0. The van der Waals surface area contributed by atoms with Crippen LogP contribution in [0.2, 0.25) is 0 Å². The Morgan fingerprint density at radius 1 is 0.640 bits per heavy atom. The lowest BCUT2D eigenvalue weighted by atomic mass is 10.1. The van der Waals surface area contributed by atoms with Crippen LogP contribution < -0.4 is 5.73 Å². The van der Waals surface area contributed by atoms with Gasteiger partial charge in [-0.05, 0) is 12.8 Å². The maximum absolute atomic E-state index is 9.52. The van der Waals surface area contributed by atoms with E-state index in [2.05, 4.69) is 13.8 Å². The Hall–Kier alpha value is -0.160. The fourth-order valence-corrected chi connectivity index (χ4v) is 2.83. The van der Waals surface area contributed by atoms with Gasteiger partial charge < -0.3 is 20.3 Å². The molecule has 4 heteroatoms. The number of nitrogens with two attached hydrogens (primary N) is 1. The molecule has 0 aromatic heterocycles. The summed E-state index contributed by atoms with van der Waals surface area (Å²) in [4.78, 5) is 0. The fraction of sp³-hybridized carbons (Fsp3) is 1.00. The van der Waals surface area contributed by atoms with Crippen molar-refractivity contribution in [2.75, 3.05) is 33.0 Å². The van der Waals surface area contributed by atoms with Gasteiger partial charge >= 0.3 is 0 Å². The molecule has 0 fully saturated rings. The van der Waals surface area contributed by atoms with Crippen LogP contribution in [0, 0.1) is 0 Å². The zero-order chi connectivity index (χ0) is 18.6. The third-order valence-electron chi connectivity index (χ3n) is 4.63. The molecule has 152 valence electrons. The predicted molar refractivity (Wildman–Crippen MR) is 107 cm³/mol. The molecule has 25 heavy (non-hydrogen) atoms. The highest BCUT2D eigenvalue weighted by Gasteiger charge is 2.24. The SMILES string of the molecule is CCCCCCCCCOCC(N)(CO)COCCCCCCCC. The van der Waals surface area contributed by atoms with Crippen molar-refractivity contribution < 1.29 is 14.6 Å². The predicted octanol–water partition coefficient (Wildman–Crippen LogP) is 4.82. The van der Waals surface area contributed by atoms with Crippen molar-refractivity contribution in [1.29, 1.82) is 0 Å². The molecule has 0 aliphatic carbocycles. The molecule has 0 radical (unpaired) electrons. The van der Waals surface area contributed by atoms with E-state index in [0.29, 0.717) is 13.2 Å². The highest BCUT2D eigenvalue weighted by molar-refractivity contribution is 4.83. The van der Waals surface area contributed by atoms with E-state index in [-0.39, 0.29) is 6.61 Å². The zero-order valence-corrected chi connectivity index (χ0v) is 17.1. The summed E-state index contributed by atoms with van der Waals surface area (Å²) in [5, 5.41) is 9.52. The van der Waals surface area contributed by atoms with E-state index in [0.717, 1.165) is 26.1 Å². The highest BCUT2D eigenvalue weighted by atomic mass is 16.5. The molecule has 0 aromatic rings. The molecule has 0 aromatic carbocycles. The Morgan fingerprint density at radius 2 is 1.00 bits per heavy atom. The largest absolute Gasteiger partial charge is 0.394 e. The number of hydrogen-bond acceptors (Lipinski definition) is 4. The quantitative estimate of drug-likeness (QED) is 0.306. The summed E-state index contributed by atoms with van der Waals surface area (Å²) in [5.74, 6) is 0. The Bertz CT molecular complexity index is 264. The minimum absolute atomic E-state index is 0.0967. The van der Waals surface area contributed by atoms with Crippen molar-refractivity contribution in [3.8, 4) is 0 Å². The molecule has 0 bridgehead atoms. The average Bonchev–Trinajstić information content (AvgIpc) is 2.62. The topological polar surface area (TPSA) is 64.7 Å². The van der Waals surface area contributed by atoms with E-state index >= 15 is 0 Å². The van der Waals surface area contributed by atoms with Crippen molar-refractivity contribution in [3.05, 3.63) is 0 Å². The van der Waals surface area contributed by atoms with Gasteiger partial charge in [-0.1, -0.05) is 84.5 Å². The van der Waals surface area contributed by atoms with Gasteiger partial charge in [0, 0.05) is 13.2 Å². The van der Waals surface area contributed by atoms with Gasteiger partial charge in [0.25, 0.3) is 0 Å². The smallest absolute Gasteiger partial charge is 0.0862 e. The lowest BCUT2D eigenvalue weighted by Gasteiger charge is -2.26. The summed E-state index contributed by atoms with van der Waals surface area (Å²) in [7, 11) is 0. The molecule has 0 spiro atoms. The number of rotatable bonds is 20. The summed E-state index contributed by atoms with van der Waals surface area (Å²) in [5.41, 5.74) is 5.41. The molecule has 0 saturated carbocycles. The third-order valence-corrected chi connectivity index (χ3v) is 4.63. The number of hydrogen-bond donors (Lipinski definition) is 2. The summed E-state index contributed by atoms with van der Waals surface area (Å²) in [6.45, 7) is 6.57. The molecule has 1 atom stereocenters. The first-order valence-electron chi connectivity index (χ1n) is 10.7. The normalized spacial score (nSPS) is 13.9. The zero-order valence-electron chi connectivity index (χ0n) is 17.1. The van der Waals surface area contributed by atoms with Gasteiger partial charge in [0.05, 0.1) is 25.4 Å². The lowest BCUT2D eigenvalue weighted by Crippen LogP contribution is -2.52. The number of unbranched alkanes of at least 4 members (excludes halogenated alkanes) is 11.